The summed E-state index contributed by atoms with van der Waals surface area (Å²) >= 11 is 0. The lowest BCUT2D eigenvalue weighted by Gasteiger charge is -2.24. The van der Waals surface area contributed by atoms with E-state index in [-0.39, 0.29) is 24.9 Å². The van der Waals surface area contributed by atoms with Gasteiger partial charge in [0.2, 0.25) is 5.91 Å². The number of benzene rings is 1. The van der Waals surface area contributed by atoms with Crippen molar-refractivity contribution in [1.29, 1.82) is 0 Å². The second-order valence-electron chi connectivity index (χ2n) is 7.44. The van der Waals surface area contributed by atoms with Crippen LogP contribution < -0.4 is 5.32 Å². The first kappa shape index (κ1) is 17.3. The topological polar surface area (TPSA) is 48.7 Å². The van der Waals surface area contributed by atoms with Gasteiger partial charge in [-0.1, -0.05) is 12.1 Å². The Hall–Kier alpha value is -2.15. The molecule has 5 nitrogen and oxygen atoms in total. The Morgan fingerprint density at radius 3 is 3.00 bits per heavy atom. The maximum Gasteiger partial charge on any atom is 0.267 e. The number of carbonyl (C=O) groups is 1. The molecular formula is C19H23F2N3O2. The predicted octanol–water partition coefficient (Wildman–Crippen LogP) is 3.18. The van der Waals surface area contributed by atoms with E-state index in [4.69, 9.17) is 4.42 Å². The minimum atomic E-state index is -2.76. The molecule has 0 saturated carbocycles. The Labute approximate surface area is 150 Å². The molecule has 2 saturated heterocycles. The van der Waals surface area contributed by atoms with Crippen LogP contribution in [-0.2, 0) is 4.79 Å². The highest BCUT2D eigenvalue weighted by molar-refractivity contribution is 5.89. The van der Waals surface area contributed by atoms with Gasteiger partial charge in [-0.3, -0.25) is 9.69 Å². The third-order valence-electron chi connectivity index (χ3n) is 5.32. The first-order chi connectivity index (χ1) is 12.4. The van der Waals surface area contributed by atoms with Gasteiger partial charge in [0.1, 0.15) is 0 Å². The quantitative estimate of drug-likeness (QED) is 0.907. The maximum absolute atomic E-state index is 13.5. The van der Waals surface area contributed by atoms with Crippen molar-refractivity contribution in [3.8, 4) is 0 Å². The van der Waals surface area contributed by atoms with Crippen molar-refractivity contribution in [3.63, 3.8) is 0 Å². The van der Waals surface area contributed by atoms with Crippen molar-refractivity contribution in [3.05, 3.63) is 30.5 Å². The smallest absolute Gasteiger partial charge is 0.267 e. The molecule has 2 atom stereocenters. The largest absolute Gasteiger partial charge is 0.462 e. The number of rotatable bonds is 4. The molecule has 2 fully saturated rings. The summed E-state index contributed by atoms with van der Waals surface area (Å²) in [6.45, 7) is 2.92. The number of nitrogens with one attached hydrogen (secondary N) is 1. The standard InChI is InChI=1S/C19H23F2N3O2/c1-13-9-19(20,21)12-24(13)17(25)11-23-7-5-15(10-23)22-16-4-2-3-14-6-8-26-18(14)16/h2-4,6,8,13,15,22H,5,7,9-12H2,1H3/t13-,15+/m1/s1. The number of furan rings is 1. The van der Waals surface area contributed by atoms with Crippen LogP contribution in [-0.4, -0.2) is 59.9 Å². The van der Waals surface area contributed by atoms with Gasteiger partial charge in [-0.15, -0.1) is 0 Å². The predicted molar refractivity (Wildman–Crippen MR) is 95.4 cm³/mol. The van der Waals surface area contributed by atoms with Gasteiger partial charge in [-0.25, -0.2) is 8.78 Å². The number of hydrogen-bond acceptors (Lipinski definition) is 4. The molecular weight excluding hydrogens is 340 g/mol. The van der Waals surface area contributed by atoms with Crippen molar-refractivity contribution < 1.29 is 18.0 Å². The molecule has 2 aromatic rings. The van der Waals surface area contributed by atoms with Crippen LogP contribution in [0.1, 0.15) is 19.8 Å². The molecule has 1 aromatic heterocycles. The van der Waals surface area contributed by atoms with E-state index in [9.17, 15) is 13.6 Å². The highest BCUT2D eigenvalue weighted by atomic mass is 19.3. The zero-order valence-electron chi connectivity index (χ0n) is 14.8. The fraction of sp³-hybridized carbons (Fsp3) is 0.526. The molecule has 0 radical (unpaired) electrons. The van der Waals surface area contributed by atoms with E-state index in [1.54, 1.807) is 13.2 Å². The summed E-state index contributed by atoms with van der Waals surface area (Å²) in [5, 5.41) is 4.53. The molecule has 0 spiro atoms. The van der Waals surface area contributed by atoms with Crippen LogP contribution in [0.3, 0.4) is 0 Å². The van der Waals surface area contributed by atoms with Gasteiger partial charge in [0.15, 0.2) is 5.58 Å². The number of alkyl halides is 2. The number of anilines is 1. The van der Waals surface area contributed by atoms with E-state index < -0.39 is 18.5 Å². The maximum atomic E-state index is 13.5. The van der Waals surface area contributed by atoms with Crippen LogP contribution >= 0.6 is 0 Å². The van der Waals surface area contributed by atoms with Crippen molar-refractivity contribution in [2.24, 2.45) is 0 Å². The van der Waals surface area contributed by atoms with E-state index in [2.05, 4.69) is 5.32 Å². The summed E-state index contributed by atoms with van der Waals surface area (Å²) in [4.78, 5) is 15.8. The first-order valence-corrected chi connectivity index (χ1v) is 9.04. The van der Waals surface area contributed by atoms with E-state index in [0.717, 1.165) is 29.6 Å². The number of likely N-dealkylation sites (tertiary alicyclic amines) is 2. The fourth-order valence-electron chi connectivity index (χ4n) is 4.05. The van der Waals surface area contributed by atoms with Crippen LogP contribution in [0, 0.1) is 0 Å². The van der Waals surface area contributed by atoms with Crippen LogP contribution in [0.5, 0.6) is 0 Å². The molecule has 0 bridgehead atoms. The van der Waals surface area contributed by atoms with Crippen LogP contribution in [0.2, 0.25) is 0 Å². The Balaban J connectivity index is 1.34. The number of amides is 1. The van der Waals surface area contributed by atoms with E-state index in [0.29, 0.717) is 6.54 Å². The number of halogens is 2. The first-order valence-electron chi connectivity index (χ1n) is 9.04. The number of fused-ring (bicyclic) bond motifs is 1. The molecule has 4 rings (SSSR count). The minimum absolute atomic E-state index is 0.198. The summed E-state index contributed by atoms with van der Waals surface area (Å²) in [6.07, 6.45) is 2.33. The summed E-state index contributed by atoms with van der Waals surface area (Å²) in [7, 11) is 0. The average Bonchev–Trinajstić information content (AvgIpc) is 3.27. The van der Waals surface area contributed by atoms with Gasteiger partial charge in [-0.05, 0) is 25.5 Å². The number of carbonyl (C=O) groups excluding carboxylic acids is 1. The molecule has 1 N–H and O–H groups in total. The minimum Gasteiger partial charge on any atom is -0.462 e. The van der Waals surface area contributed by atoms with Crippen LogP contribution in [0.4, 0.5) is 14.5 Å². The molecule has 2 aliphatic rings. The highest BCUT2D eigenvalue weighted by Gasteiger charge is 2.45. The van der Waals surface area contributed by atoms with Crippen molar-refractivity contribution in [1.82, 2.24) is 9.80 Å². The lowest BCUT2D eigenvalue weighted by molar-refractivity contribution is -0.134. The SMILES string of the molecule is C[C@@H]1CC(F)(F)CN1C(=O)CN1CC[C@H](Nc2cccc3ccoc23)C1. The van der Waals surface area contributed by atoms with Crippen molar-refractivity contribution >= 4 is 22.6 Å². The third kappa shape index (κ3) is 3.40. The highest BCUT2D eigenvalue weighted by Crippen LogP contribution is 2.32. The Morgan fingerprint density at radius 1 is 1.38 bits per heavy atom. The van der Waals surface area contributed by atoms with Crippen molar-refractivity contribution in [2.45, 2.75) is 37.8 Å². The van der Waals surface area contributed by atoms with Gasteiger partial charge >= 0.3 is 0 Å². The Morgan fingerprint density at radius 2 is 2.23 bits per heavy atom. The van der Waals surface area contributed by atoms with Gasteiger partial charge in [0.25, 0.3) is 5.92 Å². The van der Waals surface area contributed by atoms with Gasteiger partial charge in [0, 0.05) is 37.0 Å². The summed E-state index contributed by atoms with van der Waals surface area (Å²) in [5.74, 6) is -2.96. The van der Waals surface area contributed by atoms with E-state index in [1.807, 2.05) is 29.2 Å². The van der Waals surface area contributed by atoms with Gasteiger partial charge in [-0.2, -0.15) is 0 Å². The second-order valence-corrected chi connectivity index (χ2v) is 7.44. The molecule has 26 heavy (non-hydrogen) atoms. The van der Waals surface area contributed by atoms with Crippen molar-refractivity contribution in [2.75, 3.05) is 31.5 Å². The van der Waals surface area contributed by atoms with Crippen LogP contribution in [0.15, 0.2) is 34.9 Å². The normalized spacial score (nSPS) is 25.9. The monoisotopic (exact) mass is 363 g/mol. The Kier molecular flexibility index (Phi) is 4.34. The number of nitrogens with zero attached hydrogens (tertiary/aromatic N) is 2. The van der Waals surface area contributed by atoms with Crippen LogP contribution in [0.25, 0.3) is 11.0 Å². The molecule has 2 aliphatic heterocycles. The zero-order valence-corrected chi connectivity index (χ0v) is 14.8. The summed E-state index contributed by atoms with van der Waals surface area (Å²) in [6, 6.07) is 7.68. The zero-order chi connectivity index (χ0) is 18.3. The molecule has 0 aliphatic carbocycles. The molecule has 140 valence electrons. The van der Waals surface area contributed by atoms with Gasteiger partial charge in [0.05, 0.1) is 25.0 Å². The molecule has 1 amide bonds. The van der Waals surface area contributed by atoms with E-state index >= 15 is 0 Å². The molecule has 7 heteroatoms. The molecule has 3 heterocycles. The number of hydrogen-bond donors (Lipinski definition) is 1. The van der Waals surface area contributed by atoms with E-state index in [1.165, 1.54) is 4.90 Å². The molecule has 0 unspecified atom stereocenters. The fourth-order valence-corrected chi connectivity index (χ4v) is 4.05. The summed E-state index contributed by atoms with van der Waals surface area (Å²) < 4.78 is 32.5. The number of para-hydroxylation sites is 1. The Bertz CT molecular complexity index is 807. The average molecular weight is 363 g/mol. The summed E-state index contributed by atoms with van der Waals surface area (Å²) in [5.41, 5.74) is 1.77. The third-order valence-corrected chi connectivity index (χ3v) is 5.32. The lowest BCUT2D eigenvalue weighted by atomic mass is 10.2. The molecule has 1 aromatic carbocycles. The van der Waals surface area contributed by atoms with Gasteiger partial charge < -0.3 is 14.6 Å². The lowest BCUT2D eigenvalue weighted by Crippen LogP contribution is -2.42. The second kappa shape index (κ2) is 6.54.